The van der Waals surface area contributed by atoms with Gasteiger partial charge in [-0.15, -0.1) is 0 Å². The zero-order valence-corrected chi connectivity index (χ0v) is 15.6. The Morgan fingerprint density at radius 3 is 2.64 bits per heavy atom. The molecule has 0 aromatic carbocycles. The third-order valence-corrected chi connectivity index (χ3v) is 6.82. The van der Waals surface area contributed by atoms with Crippen LogP contribution in [-0.2, 0) is 21.2 Å². The van der Waals surface area contributed by atoms with Crippen molar-refractivity contribution in [2.75, 3.05) is 57.8 Å². The number of carbonyl (C=O) groups excluding carboxylic acids is 1. The number of hydrogen-bond acceptors (Lipinski definition) is 6. The highest BCUT2D eigenvalue weighted by atomic mass is 32.2. The van der Waals surface area contributed by atoms with E-state index < -0.39 is 9.84 Å². The van der Waals surface area contributed by atoms with Crippen LogP contribution in [0.4, 0.5) is 0 Å². The van der Waals surface area contributed by atoms with Crippen molar-refractivity contribution in [1.82, 2.24) is 24.5 Å². The van der Waals surface area contributed by atoms with Gasteiger partial charge < -0.3 is 4.90 Å². The van der Waals surface area contributed by atoms with Crippen molar-refractivity contribution in [2.24, 2.45) is 0 Å². The summed E-state index contributed by atoms with van der Waals surface area (Å²) in [5.74, 6) is 0.719. The Bertz CT molecular complexity index is 668. The molecule has 140 valence electrons. The summed E-state index contributed by atoms with van der Waals surface area (Å²) in [6.07, 6.45) is 4.39. The maximum atomic E-state index is 12.4. The van der Waals surface area contributed by atoms with Gasteiger partial charge in [0.15, 0.2) is 9.84 Å². The Kier molecular flexibility index (Phi) is 5.75. The van der Waals surface area contributed by atoms with Gasteiger partial charge in [-0.05, 0) is 19.5 Å². The number of amides is 1. The van der Waals surface area contributed by atoms with Crippen LogP contribution in [0.15, 0.2) is 18.5 Å². The molecule has 2 fully saturated rings. The predicted molar refractivity (Wildman–Crippen MR) is 94.9 cm³/mol. The van der Waals surface area contributed by atoms with Crippen molar-refractivity contribution in [3.05, 3.63) is 18.5 Å². The third kappa shape index (κ3) is 5.02. The van der Waals surface area contributed by atoms with Gasteiger partial charge >= 0.3 is 0 Å². The molecule has 1 aromatic heterocycles. The van der Waals surface area contributed by atoms with E-state index in [4.69, 9.17) is 0 Å². The molecule has 1 atom stereocenters. The van der Waals surface area contributed by atoms with E-state index in [2.05, 4.69) is 10.00 Å². The van der Waals surface area contributed by atoms with Gasteiger partial charge in [0.25, 0.3) is 0 Å². The van der Waals surface area contributed by atoms with Gasteiger partial charge in [-0.1, -0.05) is 0 Å². The lowest BCUT2D eigenvalue weighted by molar-refractivity contribution is -0.134. The van der Waals surface area contributed by atoms with Crippen LogP contribution in [0.5, 0.6) is 0 Å². The van der Waals surface area contributed by atoms with Crippen molar-refractivity contribution in [3.8, 4) is 0 Å². The average Bonchev–Trinajstić information content (AvgIpc) is 3.22. The molecule has 9 heteroatoms. The lowest BCUT2D eigenvalue weighted by Crippen LogP contribution is -2.53. The summed E-state index contributed by atoms with van der Waals surface area (Å²) in [4.78, 5) is 18.6. The Labute approximate surface area is 149 Å². The van der Waals surface area contributed by atoms with E-state index >= 15 is 0 Å². The van der Waals surface area contributed by atoms with E-state index in [1.165, 1.54) is 0 Å². The van der Waals surface area contributed by atoms with E-state index in [1.54, 1.807) is 6.20 Å². The number of rotatable bonds is 6. The molecule has 3 heterocycles. The molecule has 0 saturated carbocycles. The number of aromatic nitrogens is 2. The summed E-state index contributed by atoms with van der Waals surface area (Å²) in [6, 6.07) is 2.03. The van der Waals surface area contributed by atoms with Crippen molar-refractivity contribution >= 4 is 15.7 Å². The minimum absolute atomic E-state index is 0.138. The Hall–Kier alpha value is -1.45. The lowest BCUT2D eigenvalue weighted by Gasteiger charge is -2.38. The molecular formula is C16H27N5O3S. The fourth-order valence-corrected chi connectivity index (χ4v) is 5.28. The van der Waals surface area contributed by atoms with Gasteiger partial charge in [-0.25, -0.2) is 8.42 Å². The Balaban J connectivity index is 1.39. The van der Waals surface area contributed by atoms with Crippen LogP contribution in [-0.4, -0.2) is 103 Å². The molecule has 8 nitrogen and oxygen atoms in total. The normalized spacial score (nSPS) is 24.1. The van der Waals surface area contributed by atoms with Crippen LogP contribution in [0, 0.1) is 0 Å². The topological polar surface area (TPSA) is 78.8 Å². The predicted octanol–water partition coefficient (Wildman–Crippen LogP) is -0.854. The van der Waals surface area contributed by atoms with E-state index in [9.17, 15) is 13.2 Å². The quantitative estimate of drug-likeness (QED) is 0.650. The Morgan fingerprint density at radius 1 is 1.28 bits per heavy atom. The average molecular weight is 369 g/mol. The lowest BCUT2D eigenvalue weighted by atomic mass is 10.2. The number of hydrogen-bond donors (Lipinski definition) is 0. The summed E-state index contributed by atoms with van der Waals surface area (Å²) in [5, 5.41) is 4.16. The molecule has 0 spiro atoms. The summed E-state index contributed by atoms with van der Waals surface area (Å²) in [6.45, 7) is 4.84. The van der Waals surface area contributed by atoms with E-state index in [0.717, 1.165) is 32.6 Å². The van der Waals surface area contributed by atoms with E-state index in [-0.39, 0.29) is 17.7 Å². The van der Waals surface area contributed by atoms with Crippen molar-refractivity contribution < 1.29 is 13.2 Å². The highest BCUT2D eigenvalue weighted by Crippen LogP contribution is 2.19. The molecule has 0 N–H and O–H groups in total. The molecule has 0 unspecified atom stereocenters. The van der Waals surface area contributed by atoms with Crippen LogP contribution in [0.2, 0.25) is 0 Å². The molecule has 1 aromatic rings. The van der Waals surface area contributed by atoms with E-state index in [0.29, 0.717) is 25.4 Å². The van der Waals surface area contributed by atoms with Gasteiger partial charge in [0.1, 0.15) is 0 Å². The second-order valence-corrected chi connectivity index (χ2v) is 9.21. The molecule has 2 saturated heterocycles. The van der Waals surface area contributed by atoms with E-state index in [1.807, 2.05) is 33.8 Å². The molecule has 25 heavy (non-hydrogen) atoms. The molecule has 1 amide bonds. The fraction of sp³-hybridized carbons (Fsp3) is 0.750. The highest BCUT2D eigenvalue weighted by molar-refractivity contribution is 7.91. The van der Waals surface area contributed by atoms with Gasteiger partial charge in [0.05, 0.1) is 24.6 Å². The zero-order valence-electron chi connectivity index (χ0n) is 14.7. The molecule has 0 aliphatic carbocycles. The number of likely N-dealkylation sites (N-methyl/N-ethyl adjacent to an activating group) is 1. The number of carbonyl (C=O) groups is 1. The Morgan fingerprint density at radius 2 is 2.04 bits per heavy atom. The minimum Gasteiger partial charge on any atom is -0.339 e. The standard InChI is InChI=1S/C16H27N5O3S/c1-18(6-11-21-5-2-4-17-21)13-16(22)20-9-7-19(8-10-20)15-3-12-25(23,24)14-15/h2,4-5,15H,3,6-14H2,1H3/t15-/m0/s1. The largest absolute Gasteiger partial charge is 0.339 e. The summed E-state index contributed by atoms with van der Waals surface area (Å²) in [7, 11) is -0.906. The SMILES string of the molecule is CN(CCn1cccn1)CC(=O)N1CCN([C@H]2CCS(=O)(=O)C2)CC1. The summed E-state index contributed by atoms with van der Waals surface area (Å²) < 4.78 is 25.1. The number of sulfone groups is 1. The van der Waals surface area contributed by atoms with Crippen LogP contribution in [0.1, 0.15) is 6.42 Å². The highest BCUT2D eigenvalue weighted by Gasteiger charge is 2.34. The monoisotopic (exact) mass is 369 g/mol. The number of piperazine rings is 1. The molecule has 0 radical (unpaired) electrons. The first kappa shape index (κ1) is 18.3. The van der Waals surface area contributed by atoms with Crippen LogP contribution < -0.4 is 0 Å². The fourth-order valence-electron chi connectivity index (χ4n) is 3.52. The smallest absolute Gasteiger partial charge is 0.236 e. The maximum absolute atomic E-state index is 12.4. The van der Waals surface area contributed by atoms with Crippen LogP contribution in [0.25, 0.3) is 0 Å². The van der Waals surface area contributed by atoms with Gasteiger partial charge in [0, 0.05) is 51.2 Å². The van der Waals surface area contributed by atoms with Crippen LogP contribution in [0.3, 0.4) is 0 Å². The van der Waals surface area contributed by atoms with Crippen molar-refractivity contribution in [3.63, 3.8) is 0 Å². The number of nitrogens with zero attached hydrogens (tertiary/aromatic N) is 5. The van der Waals surface area contributed by atoms with Gasteiger partial charge in [0.2, 0.25) is 5.91 Å². The first-order valence-corrected chi connectivity index (χ1v) is 10.6. The zero-order chi connectivity index (χ0) is 17.9. The summed E-state index contributed by atoms with van der Waals surface area (Å²) in [5.41, 5.74) is 0. The van der Waals surface area contributed by atoms with Crippen LogP contribution >= 0.6 is 0 Å². The first-order chi connectivity index (χ1) is 11.9. The van der Waals surface area contributed by atoms with Crippen molar-refractivity contribution in [2.45, 2.75) is 19.0 Å². The minimum atomic E-state index is -2.85. The molecule has 0 bridgehead atoms. The van der Waals surface area contributed by atoms with Crippen molar-refractivity contribution in [1.29, 1.82) is 0 Å². The molecule has 2 aliphatic rings. The second kappa shape index (κ2) is 7.84. The maximum Gasteiger partial charge on any atom is 0.236 e. The van der Waals surface area contributed by atoms with Gasteiger partial charge in [-0.2, -0.15) is 5.10 Å². The second-order valence-electron chi connectivity index (χ2n) is 6.98. The third-order valence-electron chi connectivity index (χ3n) is 5.07. The first-order valence-electron chi connectivity index (χ1n) is 8.81. The molecule has 3 rings (SSSR count). The van der Waals surface area contributed by atoms with Gasteiger partial charge in [-0.3, -0.25) is 19.3 Å². The molecular weight excluding hydrogens is 342 g/mol. The summed E-state index contributed by atoms with van der Waals surface area (Å²) >= 11 is 0. The molecule has 2 aliphatic heterocycles.